The Bertz CT molecular complexity index is 366. The van der Waals surface area contributed by atoms with Crippen LogP contribution in [0.3, 0.4) is 0 Å². The van der Waals surface area contributed by atoms with E-state index in [4.69, 9.17) is 4.74 Å². The zero-order valence-electron chi connectivity index (χ0n) is 12.1. The molecule has 0 saturated carbocycles. The molecule has 4 heteroatoms. The van der Waals surface area contributed by atoms with Crippen molar-refractivity contribution >= 4 is 5.82 Å². The zero-order valence-corrected chi connectivity index (χ0v) is 12.1. The Morgan fingerprint density at radius 2 is 2.37 bits per heavy atom. The third-order valence-corrected chi connectivity index (χ3v) is 3.76. The van der Waals surface area contributed by atoms with Crippen LogP contribution in [0.4, 0.5) is 5.82 Å². The molecule has 2 heterocycles. The molecule has 106 valence electrons. The molecule has 0 amide bonds. The van der Waals surface area contributed by atoms with E-state index in [1.807, 2.05) is 6.20 Å². The highest BCUT2D eigenvalue weighted by molar-refractivity contribution is 5.41. The molecular formula is C15H25N3O. The van der Waals surface area contributed by atoms with Crippen LogP contribution >= 0.6 is 0 Å². The molecule has 1 fully saturated rings. The lowest BCUT2D eigenvalue weighted by Gasteiger charge is -2.24. The zero-order chi connectivity index (χ0) is 13.5. The van der Waals surface area contributed by atoms with E-state index < -0.39 is 0 Å². The fraction of sp³-hybridized carbons (Fsp3) is 0.667. The van der Waals surface area contributed by atoms with Gasteiger partial charge in [0, 0.05) is 39.0 Å². The second kappa shape index (κ2) is 7.46. The van der Waals surface area contributed by atoms with Gasteiger partial charge in [-0.2, -0.15) is 0 Å². The lowest BCUT2D eigenvalue weighted by atomic mass is 10.2. The highest BCUT2D eigenvalue weighted by atomic mass is 16.5. The van der Waals surface area contributed by atoms with Crippen molar-refractivity contribution in [3.63, 3.8) is 0 Å². The minimum Gasteiger partial charge on any atom is -0.383 e. The topological polar surface area (TPSA) is 37.4 Å². The standard InChI is InChI=1S/C15H25N3O/c1-3-14-5-4-9-18(14)15-7-6-13(12-17-15)11-16-8-10-19-2/h6-7,12,14,16H,3-5,8-11H2,1-2H3. The molecule has 4 nitrogen and oxygen atoms in total. The number of ether oxygens (including phenoxy) is 1. The average Bonchev–Trinajstić information content (AvgIpc) is 2.93. The second-order valence-electron chi connectivity index (χ2n) is 5.09. The molecule has 1 N–H and O–H groups in total. The molecule has 1 atom stereocenters. The van der Waals surface area contributed by atoms with Crippen molar-refractivity contribution in [3.05, 3.63) is 23.9 Å². The van der Waals surface area contributed by atoms with E-state index in [9.17, 15) is 0 Å². The van der Waals surface area contributed by atoms with Gasteiger partial charge in [-0.15, -0.1) is 0 Å². The summed E-state index contributed by atoms with van der Waals surface area (Å²) in [6.07, 6.45) is 5.79. The Labute approximate surface area is 116 Å². The number of anilines is 1. The smallest absolute Gasteiger partial charge is 0.128 e. The van der Waals surface area contributed by atoms with Crippen molar-refractivity contribution in [1.82, 2.24) is 10.3 Å². The molecule has 0 spiro atoms. The number of rotatable bonds is 7. The molecule has 0 aliphatic carbocycles. The Balaban J connectivity index is 1.87. The molecule has 0 bridgehead atoms. The normalized spacial score (nSPS) is 19.1. The lowest BCUT2D eigenvalue weighted by molar-refractivity contribution is 0.199. The lowest BCUT2D eigenvalue weighted by Crippen LogP contribution is -2.29. The number of nitrogens with one attached hydrogen (secondary N) is 1. The van der Waals surface area contributed by atoms with Crippen molar-refractivity contribution in [2.45, 2.75) is 38.8 Å². The SMILES string of the molecule is CCC1CCCN1c1ccc(CNCCOC)cn1. The van der Waals surface area contributed by atoms with E-state index in [0.717, 1.165) is 32.1 Å². The predicted octanol–water partition coefficient (Wildman–Crippen LogP) is 2.20. The first-order chi connectivity index (χ1) is 9.35. The van der Waals surface area contributed by atoms with Crippen LogP contribution in [0, 0.1) is 0 Å². The monoisotopic (exact) mass is 263 g/mol. The summed E-state index contributed by atoms with van der Waals surface area (Å²) in [6, 6.07) is 5.01. The number of aromatic nitrogens is 1. The van der Waals surface area contributed by atoms with Crippen LogP contribution in [-0.2, 0) is 11.3 Å². The number of pyridine rings is 1. The summed E-state index contributed by atoms with van der Waals surface area (Å²) < 4.78 is 5.01. The minimum absolute atomic E-state index is 0.679. The van der Waals surface area contributed by atoms with Gasteiger partial charge in [0.05, 0.1) is 6.61 Å². The van der Waals surface area contributed by atoms with Gasteiger partial charge in [-0.05, 0) is 30.9 Å². The summed E-state index contributed by atoms with van der Waals surface area (Å²) >= 11 is 0. The maximum absolute atomic E-state index is 5.01. The van der Waals surface area contributed by atoms with Gasteiger partial charge in [0.25, 0.3) is 0 Å². The van der Waals surface area contributed by atoms with Gasteiger partial charge in [-0.25, -0.2) is 4.98 Å². The molecule has 2 rings (SSSR count). The van der Waals surface area contributed by atoms with Crippen molar-refractivity contribution in [1.29, 1.82) is 0 Å². The van der Waals surface area contributed by atoms with Gasteiger partial charge in [-0.1, -0.05) is 13.0 Å². The largest absolute Gasteiger partial charge is 0.383 e. The number of nitrogens with zero attached hydrogens (tertiary/aromatic N) is 2. The maximum Gasteiger partial charge on any atom is 0.128 e. The Morgan fingerprint density at radius 3 is 3.05 bits per heavy atom. The van der Waals surface area contributed by atoms with Crippen molar-refractivity contribution < 1.29 is 4.74 Å². The van der Waals surface area contributed by atoms with E-state index in [1.165, 1.54) is 24.8 Å². The van der Waals surface area contributed by atoms with Gasteiger partial charge in [0.15, 0.2) is 0 Å². The first-order valence-electron chi connectivity index (χ1n) is 7.26. The molecule has 1 aromatic heterocycles. The highest BCUT2D eigenvalue weighted by Crippen LogP contribution is 2.25. The summed E-state index contributed by atoms with van der Waals surface area (Å²) in [5, 5.41) is 3.33. The van der Waals surface area contributed by atoms with Crippen LogP contribution in [-0.4, -0.2) is 37.8 Å². The van der Waals surface area contributed by atoms with Crippen molar-refractivity contribution in [3.8, 4) is 0 Å². The van der Waals surface area contributed by atoms with Gasteiger partial charge >= 0.3 is 0 Å². The highest BCUT2D eigenvalue weighted by Gasteiger charge is 2.23. The molecular weight excluding hydrogens is 238 g/mol. The summed E-state index contributed by atoms with van der Waals surface area (Å²) in [4.78, 5) is 7.06. The van der Waals surface area contributed by atoms with Crippen LogP contribution < -0.4 is 10.2 Å². The van der Waals surface area contributed by atoms with E-state index in [-0.39, 0.29) is 0 Å². The minimum atomic E-state index is 0.679. The van der Waals surface area contributed by atoms with E-state index in [2.05, 4.69) is 34.3 Å². The van der Waals surface area contributed by atoms with Gasteiger partial charge in [0.1, 0.15) is 5.82 Å². The van der Waals surface area contributed by atoms with E-state index in [0.29, 0.717) is 6.04 Å². The van der Waals surface area contributed by atoms with Gasteiger partial charge < -0.3 is 15.0 Å². The summed E-state index contributed by atoms with van der Waals surface area (Å²) in [7, 11) is 1.72. The molecule has 1 aromatic rings. The van der Waals surface area contributed by atoms with E-state index >= 15 is 0 Å². The second-order valence-corrected chi connectivity index (χ2v) is 5.09. The maximum atomic E-state index is 5.01. The van der Waals surface area contributed by atoms with Crippen LogP contribution in [0.25, 0.3) is 0 Å². The number of methoxy groups -OCH3 is 1. The Hall–Kier alpha value is -1.13. The fourth-order valence-corrected chi connectivity index (χ4v) is 2.66. The first-order valence-corrected chi connectivity index (χ1v) is 7.26. The van der Waals surface area contributed by atoms with Gasteiger partial charge in [-0.3, -0.25) is 0 Å². The third kappa shape index (κ3) is 3.91. The molecule has 0 aromatic carbocycles. The quantitative estimate of drug-likeness (QED) is 0.765. The molecule has 1 aliphatic rings. The van der Waals surface area contributed by atoms with Crippen LogP contribution in [0.15, 0.2) is 18.3 Å². The predicted molar refractivity (Wildman–Crippen MR) is 78.5 cm³/mol. The van der Waals surface area contributed by atoms with Crippen molar-refractivity contribution in [2.24, 2.45) is 0 Å². The van der Waals surface area contributed by atoms with Crippen LogP contribution in [0.1, 0.15) is 31.7 Å². The number of hydrogen-bond acceptors (Lipinski definition) is 4. The molecule has 1 saturated heterocycles. The summed E-state index contributed by atoms with van der Waals surface area (Å²) in [6.45, 7) is 5.89. The molecule has 19 heavy (non-hydrogen) atoms. The molecule has 1 aliphatic heterocycles. The van der Waals surface area contributed by atoms with Gasteiger partial charge in [0.2, 0.25) is 0 Å². The third-order valence-electron chi connectivity index (χ3n) is 3.76. The number of hydrogen-bond donors (Lipinski definition) is 1. The van der Waals surface area contributed by atoms with Crippen LogP contribution in [0.2, 0.25) is 0 Å². The average molecular weight is 263 g/mol. The Kier molecular flexibility index (Phi) is 5.61. The van der Waals surface area contributed by atoms with Crippen molar-refractivity contribution in [2.75, 3.05) is 31.7 Å². The first kappa shape index (κ1) is 14.3. The summed E-state index contributed by atoms with van der Waals surface area (Å²) in [5.41, 5.74) is 1.23. The molecule has 0 radical (unpaired) electrons. The molecule has 1 unspecified atom stereocenters. The van der Waals surface area contributed by atoms with Crippen LogP contribution in [0.5, 0.6) is 0 Å². The van der Waals surface area contributed by atoms with E-state index in [1.54, 1.807) is 7.11 Å². The Morgan fingerprint density at radius 1 is 1.47 bits per heavy atom. The summed E-state index contributed by atoms with van der Waals surface area (Å²) in [5.74, 6) is 1.13. The fourth-order valence-electron chi connectivity index (χ4n) is 2.66.